The summed E-state index contributed by atoms with van der Waals surface area (Å²) in [5, 5.41) is 2.31. The molecule has 6 nitrogen and oxygen atoms in total. The van der Waals surface area contributed by atoms with E-state index in [9.17, 15) is 9.36 Å². The molecule has 0 spiro atoms. The van der Waals surface area contributed by atoms with Crippen LogP contribution in [-0.2, 0) is 34.1 Å². The van der Waals surface area contributed by atoms with E-state index in [1.807, 2.05) is 13.0 Å². The third kappa shape index (κ3) is 8.32. The van der Waals surface area contributed by atoms with E-state index in [0.717, 1.165) is 17.4 Å². The van der Waals surface area contributed by atoms with Gasteiger partial charge in [-0.25, -0.2) is 4.57 Å². The van der Waals surface area contributed by atoms with Gasteiger partial charge >= 0.3 is 13.8 Å². The Morgan fingerprint density at radius 1 is 0.875 bits per heavy atom. The van der Waals surface area contributed by atoms with E-state index in [4.69, 9.17) is 18.3 Å². The lowest BCUT2D eigenvalue weighted by atomic mass is 9.95. The molecule has 0 radical (unpaired) electrons. The standard InChI is InChI=1S/C25H37O6P/c1-6-29-32(27,30-7-2)31-15-9-8-14-28-25(26)20(5)22-12-13-23-17-21(16-19(3)4)10-11-24(23)18-22/h10-13,17-20H,6-9,14-16H2,1-5H3. The summed E-state index contributed by atoms with van der Waals surface area (Å²) >= 11 is 0. The number of esters is 1. The van der Waals surface area contributed by atoms with Gasteiger partial charge in [-0.15, -0.1) is 0 Å². The van der Waals surface area contributed by atoms with Crippen molar-refractivity contribution < 1.29 is 27.7 Å². The predicted molar refractivity (Wildman–Crippen MR) is 128 cm³/mol. The summed E-state index contributed by atoms with van der Waals surface area (Å²) in [7, 11) is -3.48. The van der Waals surface area contributed by atoms with Gasteiger partial charge in [0.25, 0.3) is 0 Å². The average molecular weight is 465 g/mol. The van der Waals surface area contributed by atoms with Crippen LogP contribution in [0, 0.1) is 5.92 Å². The fourth-order valence-corrected chi connectivity index (χ4v) is 4.63. The number of phosphoric ester groups is 1. The van der Waals surface area contributed by atoms with Crippen LogP contribution >= 0.6 is 7.82 Å². The lowest BCUT2D eigenvalue weighted by molar-refractivity contribution is -0.145. The van der Waals surface area contributed by atoms with Crippen LogP contribution in [0.5, 0.6) is 0 Å². The third-order valence-corrected chi connectivity index (χ3v) is 6.68. The number of rotatable bonds is 14. The van der Waals surface area contributed by atoms with E-state index >= 15 is 0 Å². The first-order valence-electron chi connectivity index (χ1n) is 11.5. The SMILES string of the molecule is CCOP(=O)(OCC)OCCCCOC(=O)C(C)c1ccc2cc(CC(C)C)ccc2c1. The lowest BCUT2D eigenvalue weighted by Crippen LogP contribution is -2.14. The van der Waals surface area contributed by atoms with Gasteiger partial charge in [0.15, 0.2) is 0 Å². The zero-order chi connectivity index (χ0) is 23.6. The van der Waals surface area contributed by atoms with Crippen molar-refractivity contribution in [3.05, 3.63) is 47.5 Å². The van der Waals surface area contributed by atoms with Crippen LogP contribution in [0.15, 0.2) is 36.4 Å². The number of carbonyl (C=O) groups excluding carboxylic acids is 1. The molecule has 178 valence electrons. The fraction of sp³-hybridized carbons (Fsp3) is 0.560. The number of hydrogen-bond acceptors (Lipinski definition) is 6. The molecule has 1 atom stereocenters. The van der Waals surface area contributed by atoms with E-state index < -0.39 is 7.82 Å². The van der Waals surface area contributed by atoms with Gasteiger partial charge in [0, 0.05) is 0 Å². The molecule has 1 unspecified atom stereocenters. The van der Waals surface area contributed by atoms with Gasteiger partial charge in [-0.05, 0) is 67.9 Å². The molecule has 2 aromatic rings. The Balaban J connectivity index is 1.81. The molecule has 0 aromatic heterocycles. The minimum atomic E-state index is -3.48. The number of hydrogen-bond donors (Lipinski definition) is 0. The summed E-state index contributed by atoms with van der Waals surface area (Å²) in [6.07, 6.45) is 2.24. The zero-order valence-electron chi connectivity index (χ0n) is 20.0. The van der Waals surface area contributed by atoms with Crippen molar-refractivity contribution in [1.82, 2.24) is 0 Å². The molecule has 0 saturated heterocycles. The number of phosphoric acid groups is 1. The van der Waals surface area contributed by atoms with Gasteiger partial charge in [-0.3, -0.25) is 18.4 Å². The van der Waals surface area contributed by atoms with Gasteiger partial charge in [-0.1, -0.05) is 50.2 Å². The largest absolute Gasteiger partial charge is 0.474 e. The van der Waals surface area contributed by atoms with Crippen molar-refractivity contribution in [1.29, 1.82) is 0 Å². The third-order valence-electron chi connectivity index (χ3n) is 5.03. The van der Waals surface area contributed by atoms with E-state index in [1.165, 1.54) is 10.9 Å². The van der Waals surface area contributed by atoms with E-state index in [2.05, 4.69) is 44.2 Å². The minimum Gasteiger partial charge on any atom is -0.465 e. The lowest BCUT2D eigenvalue weighted by Gasteiger charge is -2.16. The van der Waals surface area contributed by atoms with Crippen LogP contribution < -0.4 is 0 Å². The second-order valence-electron chi connectivity index (χ2n) is 8.25. The molecular formula is C25H37O6P. The van der Waals surface area contributed by atoms with Gasteiger partial charge in [0.2, 0.25) is 0 Å². The molecule has 0 aliphatic heterocycles. The second kappa shape index (κ2) is 13.1. The monoisotopic (exact) mass is 464 g/mol. The topological polar surface area (TPSA) is 71.1 Å². The van der Waals surface area contributed by atoms with Crippen molar-refractivity contribution in [3.63, 3.8) is 0 Å². The van der Waals surface area contributed by atoms with E-state index in [1.54, 1.807) is 13.8 Å². The number of benzene rings is 2. The van der Waals surface area contributed by atoms with Crippen LogP contribution in [0.3, 0.4) is 0 Å². The summed E-state index contributed by atoms with van der Waals surface area (Å²) in [6, 6.07) is 12.6. The molecule has 0 saturated carbocycles. The smallest absolute Gasteiger partial charge is 0.465 e. The first-order chi connectivity index (χ1) is 15.3. The maximum absolute atomic E-state index is 12.5. The van der Waals surface area contributed by atoms with E-state index in [-0.39, 0.29) is 38.3 Å². The number of carbonyl (C=O) groups is 1. The summed E-state index contributed by atoms with van der Waals surface area (Å²) in [5.41, 5.74) is 2.27. The van der Waals surface area contributed by atoms with Crippen LogP contribution in [0.2, 0.25) is 0 Å². The number of ether oxygens (including phenoxy) is 1. The van der Waals surface area contributed by atoms with Crippen molar-refractivity contribution in [3.8, 4) is 0 Å². The Hall–Kier alpha value is -1.72. The highest BCUT2D eigenvalue weighted by Crippen LogP contribution is 2.49. The predicted octanol–water partition coefficient (Wildman–Crippen LogP) is 6.66. The highest BCUT2D eigenvalue weighted by molar-refractivity contribution is 7.48. The second-order valence-corrected chi connectivity index (χ2v) is 9.92. The summed E-state index contributed by atoms with van der Waals surface area (Å²) in [5.74, 6) is 0.0186. The van der Waals surface area contributed by atoms with Crippen LogP contribution in [0.1, 0.15) is 64.5 Å². The fourth-order valence-electron chi connectivity index (χ4n) is 3.42. The molecule has 32 heavy (non-hydrogen) atoms. The van der Waals surface area contributed by atoms with Crippen molar-refractivity contribution in [2.45, 2.75) is 59.8 Å². The Labute approximate surface area is 192 Å². The van der Waals surface area contributed by atoms with Gasteiger partial charge < -0.3 is 4.74 Å². The van der Waals surface area contributed by atoms with E-state index in [0.29, 0.717) is 18.8 Å². The maximum Gasteiger partial charge on any atom is 0.474 e. The Kier molecular flexibility index (Phi) is 10.9. The normalized spacial score (nSPS) is 12.9. The van der Waals surface area contributed by atoms with Crippen LogP contribution in [-0.4, -0.2) is 32.4 Å². The van der Waals surface area contributed by atoms with Crippen molar-refractivity contribution >= 4 is 24.6 Å². The molecular weight excluding hydrogens is 427 g/mol. The summed E-state index contributed by atoms with van der Waals surface area (Å²) in [6.45, 7) is 10.8. The Bertz CT molecular complexity index is 900. The highest BCUT2D eigenvalue weighted by Gasteiger charge is 2.24. The van der Waals surface area contributed by atoms with Crippen LogP contribution in [0.4, 0.5) is 0 Å². The Morgan fingerprint density at radius 2 is 1.50 bits per heavy atom. The van der Waals surface area contributed by atoms with Crippen molar-refractivity contribution in [2.24, 2.45) is 5.92 Å². The first kappa shape index (κ1) is 26.5. The maximum atomic E-state index is 12.5. The molecule has 0 heterocycles. The molecule has 2 aromatic carbocycles. The molecule has 0 amide bonds. The Morgan fingerprint density at radius 3 is 2.16 bits per heavy atom. The van der Waals surface area contributed by atoms with Gasteiger partial charge in [0.05, 0.1) is 32.3 Å². The molecule has 0 bridgehead atoms. The van der Waals surface area contributed by atoms with Crippen LogP contribution in [0.25, 0.3) is 10.8 Å². The zero-order valence-corrected chi connectivity index (χ0v) is 20.9. The summed E-state index contributed by atoms with van der Waals surface area (Å²) in [4.78, 5) is 12.5. The first-order valence-corrected chi connectivity index (χ1v) is 13.0. The quantitative estimate of drug-likeness (QED) is 0.177. The minimum absolute atomic E-state index is 0.216. The summed E-state index contributed by atoms with van der Waals surface area (Å²) < 4.78 is 33.1. The molecule has 0 fully saturated rings. The highest BCUT2D eigenvalue weighted by atomic mass is 31.2. The number of unbranched alkanes of at least 4 members (excludes halogenated alkanes) is 1. The molecule has 2 rings (SSSR count). The van der Waals surface area contributed by atoms with Gasteiger partial charge in [-0.2, -0.15) is 0 Å². The molecule has 7 heteroatoms. The van der Waals surface area contributed by atoms with Crippen molar-refractivity contribution in [2.75, 3.05) is 26.4 Å². The average Bonchev–Trinajstić information content (AvgIpc) is 2.75. The molecule has 0 N–H and O–H groups in total. The molecule has 0 aliphatic carbocycles. The van der Waals surface area contributed by atoms with Gasteiger partial charge in [0.1, 0.15) is 0 Å². The number of fused-ring (bicyclic) bond motifs is 1. The molecule has 0 aliphatic rings.